The van der Waals surface area contributed by atoms with Gasteiger partial charge in [0.15, 0.2) is 0 Å². The second-order valence-corrected chi connectivity index (χ2v) is 0. The molecular formula is H7GeLaLiO. The third-order valence-electron chi connectivity index (χ3n) is 0. The van der Waals surface area contributed by atoms with E-state index in [0.717, 1.165) is 0 Å². The van der Waals surface area contributed by atoms with Crippen LogP contribution in [-0.4, -0.2) is 41.9 Å². The summed E-state index contributed by atoms with van der Waals surface area (Å²) in [4.78, 5) is 0. The minimum atomic E-state index is 0. The van der Waals surface area contributed by atoms with Gasteiger partial charge in [-0.25, -0.2) is 0 Å². The average molecular weight is 242 g/mol. The molecule has 4 heteroatoms. The fraction of sp³-hybridized carbons (Fsp3) is 0. The Labute approximate surface area is 76.3 Å². The van der Waals surface area contributed by atoms with Gasteiger partial charge in [-0.1, -0.05) is 0 Å². The molecule has 0 aromatic rings. The summed E-state index contributed by atoms with van der Waals surface area (Å²) in [6.07, 6.45) is 0. The molecule has 0 saturated carbocycles. The first kappa shape index (κ1) is 33.5. The SMILES string of the molecule is O.[GeH4].[La].[LiH]. The molecule has 0 bridgehead atoms. The summed E-state index contributed by atoms with van der Waals surface area (Å²) in [6.45, 7) is 0. The van der Waals surface area contributed by atoms with E-state index in [4.69, 9.17) is 0 Å². The molecule has 0 spiro atoms. The van der Waals surface area contributed by atoms with Gasteiger partial charge in [-0.2, -0.15) is 0 Å². The molecule has 21 valence electrons. The second kappa shape index (κ2) is 18.5. The number of hydrogen-bond acceptors (Lipinski definition) is 0. The van der Waals surface area contributed by atoms with E-state index < -0.39 is 0 Å². The quantitative estimate of drug-likeness (QED) is 0.407. The van der Waals surface area contributed by atoms with Crippen LogP contribution in [0.4, 0.5) is 0 Å². The molecule has 0 saturated heterocycles. The summed E-state index contributed by atoms with van der Waals surface area (Å²) in [6, 6.07) is 0. The second-order valence-electron chi connectivity index (χ2n) is 0. The van der Waals surface area contributed by atoms with Crippen molar-refractivity contribution in [2.45, 2.75) is 0 Å². The third-order valence-corrected chi connectivity index (χ3v) is 0. The Morgan fingerprint density at radius 1 is 1.00 bits per heavy atom. The van der Waals surface area contributed by atoms with Crippen LogP contribution in [0.1, 0.15) is 0 Å². The molecule has 1 nitrogen and oxygen atoms in total. The maximum atomic E-state index is 0. The van der Waals surface area contributed by atoms with Gasteiger partial charge in [0.05, 0.1) is 0 Å². The van der Waals surface area contributed by atoms with Crippen molar-refractivity contribution in [1.82, 2.24) is 0 Å². The van der Waals surface area contributed by atoms with Crippen molar-refractivity contribution >= 4 is 36.5 Å². The molecule has 0 unspecified atom stereocenters. The Balaban J connectivity index is 0. The van der Waals surface area contributed by atoms with Crippen molar-refractivity contribution in [3.05, 3.63) is 0 Å². The normalized spacial score (nSPS) is 0. The Morgan fingerprint density at radius 3 is 1.00 bits per heavy atom. The molecule has 0 aromatic carbocycles. The molecule has 0 aliphatic rings. The Hall–Kier alpha value is 2.30. The van der Waals surface area contributed by atoms with Crippen LogP contribution < -0.4 is 0 Å². The zero-order chi connectivity index (χ0) is 0. The van der Waals surface area contributed by atoms with Gasteiger partial charge in [-0.15, -0.1) is 0 Å². The van der Waals surface area contributed by atoms with E-state index in [-0.39, 0.29) is 77.5 Å². The number of hydrogen-bond donors (Lipinski definition) is 0. The van der Waals surface area contributed by atoms with Crippen LogP contribution in [0, 0.1) is 35.6 Å². The van der Waals surface area contributed by atoms with Crippen molar-refractivity contribution in [3.8, 4) is 0 Å². The molecule has 2 N–H and O–H groups in total. The fourth-order valence-electron chi connectivity index (χ4n) is 0. The first-order chi connectivity index (χ1) is 0. The molecule has 0 amide bonds. The van der Waals surface area contributed by atoms with Gasteiger partial charge in [0, 0.05) is 35.6 Å². The van der Waals surface area contributed by atoms with Crippen LogP contribution in [-0.2, 0) is 0 Å². The van der Waals surface area contributed by atoms with Crippen molar-refractivity contribution in [1.29, 1.82) is 0 Å². The van der Waals surface area contributed by atoms with Crippen LogP contribution >= 0.6 is 0 Å². The Bertz CT molecular complexity index is 8.00. The van der Waals surface area contributed by atoms with Gasteiger partial charge in [-0.3, -0.25) is 0 Å². The van der Waals surface area contributed by atoms with Gasteiger partial charge >= 0.3 is 36.5 Å². The molecule has 0 atom stereocenters. The van der Waals surface area contributed by atoms with Gasteiger partial charge in [0.2, 0.25) is 0 Å². The van der Waals surface area contributed by atoms with Crippen LogP contribution in [0.5, 0.6) is 0 Å². The molecule has 0 aliphatic heterocycles. The van der Waals surface area contributed by atoms with Crippen LogP contribution in [0.25, 0.3) is 0 Å². The van der Waals surface area contributed by atoms with E-state index in [0.29, 0.717) is 0 Å². The third kappa shape index (κ3) is 8.85. The standard InChI is InChI=1S/GeH4.La.Li.H2O.H/h1H4;;;1H2;. The van der Waals surface area contributed by atoms with Crippen molar-refractivity contribution in [3.63, 3.8) is 0 Å². The van der Waals surface area contributed by atoms with Crippen LogP contribution in [0.2, 0.25) is 0 Å². The fourth-order valence-corrected chi connectivity index (χ4v) is 0. The summed E-state index contributed by atoms with van der Waals surface area (Å²) >= 11 is 0. The van der Waals surface area contributed by atoms with Gasteiger partial charge in [0.25, 0.3) is 0 Å². The van der Waals surface area contributed by atoms with Crippen molar-refractivity contribution in [2.75, 3.05) is 0 Å². The van der Waals surface area contributed by atoms with Crippen LogP contribution in [0.15, 0.2) is 0 Å². The molecular weight excluding hydrogens is 234 g/mol. The average Bonchev–Trinajstić information content (AvgIpc) is 0. The van der Waals surface area contributed by atoms with E-state index in [2.05, 4.69) is 0 Å². The van der Waals surface area contributed by atoms with E-state index in [9.17, 15) is 0 Å². The zero-order valence-electron chi connectivity index (χ0n) is 1.08. The summed E-state index contributed by atoms with van der Waals surface area (Å²) in [7, 11) is 0. The number of rotatable bonds is 0. The first-order valence-electron chi connectivity index (χ1n) is 0. The minimum absolute atomic E-state index is 0. The molecule has 4 heavy (non-hydrogen) atoms. The Kier molecular flexibility index (Phi) is 155. The maximum absolute atomic E-state index is 0. The molecule has 0 rings (SSSR count). The van der Waals surface area contributed by atoms with E-state index in [1.54, 1.807) is 0 Å². The van der Waals surface area contributed by atoms with E-state index in [1.165, 1.54) is 0 Å². The van der Waals surface area contributed by atoms with Gasteiger partial charge in [-0.05, 0) is 0 Å². The van der Waals surface area contributed by atoms with Gasteiger partial charge in [0.1, 0.15) is 0 Å². The topological polar surface area (TPSA) is 31.5 Å². The van der Waals surface area contributed by atoms with E-state index >= 15 is 0 Å². The summed E-state index contributed by atoms with van der Waals surface area (Å²) in [5, 5.41) is 0. The molecule has 1 radical (unpaired) electrons. The monoisotopic (exact) mass is 243 g/mol. The van der Waals surface area contributed by atoms with E-state index in [1.807, 2.05) is 0 Å². The Morgan fingerprint density at radius 2 is 1.00 bits per heavy atom. The van der Waals surface area contributed by atoms with Crippen LogP contribution in [0.3, 0.4) is 0 Å². The summed E-state index contributed by atoms with van der Waals surface area (Å²) < 4.78 is 0. The molecule has 0 aromatic heterocycles. The summed E-state index contributed by atoms with van der Waals surface area (Å²) in [5.74, 6) is 0. The summed E-state index contributed by atoms with van der Waals surface area (Å²) in [5.41, 5.74) is 0. The predicted molar refractivity (Wildman–Crippen MR) is 22.1 cm³/mol. The molecule has 0 heterocycles. The molecule has 0 aliphatic carbocycles. The first-order valence-corrected chi connectivity index (χ1v) is 0. The van der Waals surface area contributed by atoms with Gasteiger partial charge < -0.3 is 5.48 Å². The van der Waals surface area contributed by atoms with Crippen molar-refractivity contribution in [2.24, 2.45) is 0 Å². The molecule has 0 fully saturated rings. The van der Waals surface area contributed by atoms with Crippen molar-refractivity contribution < 1.29 is 41.1 Å². The zero-order valence-corrected chi connectivity index (χ0v) is 4.70. The predicted octanol–water partition coefficient (Wildman–Crippen LogP) is -2.92.